The van der Waals surface area contributed by atoms with E-state index in [4.69, 9.17) is 10.5 Å². The largest absolute Gasteiger partial charge is 0.483 e. The molecule has 0 bridgehead atoms. The molecule has 0 atom stereocenters. The van der Waals surface area contributed by atoms with E-state index in [0.717, 1.165) is 12.1 Å². The smallest absolute Gasteiger partial charge is 0.257 e. The molecule has 0 aliphatic heterocycles. The second-order valence-electron chi connectivity index (χ2n) is 5.41. The summed E-state index contributed by atoms with van der Waals surface area (Å²) in [6, 6.07) is 7.55. The van der Waals surface area contributed by atoms with E-state index < -0.39 is 0 Å². The van der Waals surface area contributed by atoms with Crippen LogP contribution in [0.25, 0.3) is 0 Å². The zero-order chi connectivity index (χ0) is 14.2. The Hall–Kier alpha value is -1.55. The first-order valence-corrected chi connectivity index (χ1v) is 7.47. The number of carbonyl (C=O) groups excluding carboxylic acids is 1. The summed E-state index contributed by atoms with van der Waals surface area (Å²) in [4.78, 5) is 11.8. The number of nitrogens with two attached hydrogens (primary N) is 1. The summed E-state index contributed by atoms with van der Waals surface area (Å²) in [5.74, 6) is 1.29. The lowest BCUT2D eigenvalue weighted by Crippen LogP contribution is -2.33. The number of hydrogen-bond donors (Lipinski definition) is 2. The fraction of sp³-hybridized carbons (Fsp3) is 0.562. The Morgan fingerprint density at radius 1 is 1.25 bits per heavy atom. The maximum atomic E-state index is 11.8. The van der Waals surface area contributed by atoms with Gasteiger partial charge in [0.25, 0.3) is 5.91 Å². The minimum absolute atomic E-state index is 0.0533. The second-order valence-corrected chi connectivity index (χ2v) is 5.41. The molecule has 1 aliphatic carbocycles. The van der Waals surface area contributed by atoms with Crippen LogP contribution in [-0.2, 0) is 11.3 Å². The number of nitrogens with one attached hydrogen (secondary N) is 1. The summed E-state index contributed by atoms with van der Waals surface area (Å²) in [6.07, 6.45) is 6.39. The molecule has 0 heterocycles. The Balaban J connectivity index is 1.71. The van der Waals surface area contributed by atoms with Crippen LogP contribution in [0.4, 0.5) is 0 Å². The third-order valence-electron chi connectivity index (χ3n) is 3.86. The van der Waals surface area contributed by atoms with E-state index in [1.807, 2.05) is 24.3 Å². The zero-order valence-corrected chi connectivity index (χ0v) is 11.9. The normalized spacial score (nSPS) is 15.8. The summed E-state index contributed by atoms with van der Waals surface area (Å²) in [5, 5.41) is 2.96. The van der Waals surface area contributed by atoms with Gasteiger partial charge in [0, 0.05) is 18.7 Å². The van der Waals surface area contributed by atoms with Gasteiger partial charge in [0.15, 0.2) is 6.61 Å². The van der Waals surface area contributed by atoms with Gasteiger partial charge < -0.3 is 15.8 Å². The number of ether oxygens (including phenoxy) is 1. The lowest BCUT2D eigenvalue weighted by atomic mass is 9.89. The van der Waals surface area contributed by atoms with Gasteiger partial charge in [-0.3, -0.25) is 4.79 Å². The van der Waals surface area contributed by atoms with Crippen molar-refractivity contribution in [3.8, 4) is 5.75 Å². The predicted octanol–water partition coefficient (Wildman–Crippen LogP) is 2.22. The molecule has 1 saturated carbocycles. The lowest BCUT2D eigenvalue weighted by Gasteiger charge is -2.21. The van der Waals surface area contributed by atoms with Crippen molar-refractivity contribution in [3.05, 3.63) is 29.8 Å². The van der Waals surface area contributed by atoms with Crippen LogP contribution in [0.1, 0.15) is 37.7 Å². The molecule has 110 valence electrons. The fourth-order valence-corrected chi connectivity index (χ4v) is 2.66. The highest BCUT2D eigenvalue weighted by atomic mass is 16.5. The summed E-state index contributed by atoms with van der Waals surface area (Å²) in [6.45, 7) is 1.25. The van der Waals surface area contributed by atoms with Gasteiger partial charge in [-0.2, -0.15) is 0 Å². The van der Waals surface area contributed by atoms with Crippen molar-refractivity contribution in [2.45, 2.75) is 38.6 Å². The average Bonchev–Trinajstić information content (AvgIpc) is 2.52. The van der Waals surface area contributed by atoms with Crippen LogP contribution < -0.4 is 15.8 Å². The second kappa shape index (κ2) is 7.90. The van der Waals surface area contributed by atoms with Crippen LogP contribution in [0, 0.1) is 5.92 Å². The van der Waals surface area contributed by atoms with E-state index in [9.17, 15) is 4.79 Å². The van der Waals surface area contributed by atoms with Gasteiger partial charge in [-0.1, -0.05) is 37.5 Å². The van der Waals surface area contributed by atoms with Crippen LogP contribution in [0.5, 0.6) is 5.75 Å². The monoisotopic (exact) mass is 276 g/mol. The third-order valence-corrected chi connectivity index (χ3v) is 3.86. The first kappa shape index (κ1) is 14.9. The molecule has 1 aromatic carbocycles. The highest BCUT2D eigenvalue weighted by Crippen LogP contribution is 2.22. The number of rotatable bonds is 6. The van der Waals surface area contributed by atoms with Gasteiger partial charge in [-0.25, -0.2) is 0 Å². The van der Waals surface area contributed by atoms with E-state index in [-0.39, 0.29) is 12.5 Å². The zero-order valence-electron chi connectivity index (χ0n) is 11.9. The number of carbonyl (C=O) groups is 1. The molecule has 0 unspecified atom stereocenters. The molecule has 1 aliphatic rings. The van der Waals surface area contributed by atoms with Crippen LogP contribution in [0.2, 0.25) is 0 Å². The van der Waals surface area contributed by atoms with E-state index in [2.05, 4.69) is 5.32 Å². The minimum atomic E-state index is -0.0533. The van der Waals surface area contributed by atoms with Crippen molar-refractivity contribution in [2.75, 3.05) is 13.2 Å². The van der Waals surface area contributed by atoms with Crippen LogP contribution in [-0.4, -0.2) is 19.1 Å². The summed E-state index contributed by atoms with van der Waals surface area (Å²) in [7, 11) is 0. The van der Waals surface area contributed by atoms with Crippen LogP contribution in [0.3, 0.4) is 0 Å². The van der Waals surface area contributed by atoms with Crippen LogP contribution >= 0.6 is 0 Å². The molecule has 0 saturated heterocycles. The standard InChI is InChI=1S/C16H24N2O2/c17-10-14-8-4-5-9-15(14)20-12-16(19)18-11-13-6-2-1-3-7-13/h4-5,8-9,13H,1-3,6-7,10-12,17H2,(H,18,19). The first-order valence-electron chi connectivity index (χ1n) is 7.47. The molecular formula is C16H24N2O2. The maximum Gasteiger partial charge on any atom is 0.257 e. The first-order chi connectivity index (χ1) is 9.79. The molecule has 4 nitrogen and oxygen atoms in total. The van der Waals surface area contributed by atoms with Gasteiger partial charge in [0.2, 0.25) is 0 Å². The number of benzene rings is 1. The molecular weight excluding hydrogens is 252 g/mol. The highest BCUT2D eigenvalue weighted by molar-refractivity contribution is 5.77. The van der Waals surface area contributed by atoms with E-state index in [1.54, 1.807) is 0 Å². The average molecular weight is 276 g/mol. The topological polar surface area (TPSA) is 64.3 Å². The van der Waals surface area contributed by atoms with Crippen LogP contribution in [0.15, 0.2) is 24.3 Å². The molecule has 3 N–H and O–H groups in total. The summed E-state index contributed by atoms with van der Waals surface area (Å²) >= 11 is 0. The molecule has 4 heteroatoms. The maximum absolute atomic E-state index is 11.8. The van der Waals surface area contributed by atoms with Crippen molar-refractivity contribution >= 4 is 5.91 Å². The lowest BCUT2D eigenvalue weighted by molar-refractivity contribution is -0.123. The Morgan fingerprint density at radius 3 is 2.75 bits per heavy atom. The van der Waals surface area contributed by atoms with Gasteiger partial charge in [-0.05, 0) is 24.8 Å². The fourth-order valence-electron chi connectivity index (χ4n) is 2.66. The molecule has 1 amide bonds. The molecule has 0 radical (unpaired) electrons. The van der Waals surface area contributed by atoms with Gasteiger partial charge >= 0.3 is 0 Å². The Labute approximate surface area is 120 Å². The number of para-hydroxylation sites is 1. The van der Waals surface area contributed by atoms with Gasteiger partial charge in [0.05, 0.1) is 0 Å². The van der Waals surface area contributed by atoms with Crippen molar-refractivity contribution in [1.29, 1.82) is 0 Å². The van der Waals surface area contributed by atoms with Gasteiger partial charge in [-0.15, -0.1) is 0 Å². The molecule has 0 spiro atoms. The third kappa shape index (κ3) is 4.53. The number of hydrogen-bond acceptors (Lipinski definition) is 3. The number of amides is 1. The summed E-state index contributed by atoms with van der Waals surface area (Å²) in [5.41, 5.74) is 6.56. The van der Waals surface area contributed by atoms with E-state index in [0.29, 0.717) is 18.2 Å². The minimum Gasteiger partial charge on any atom is -0.483 e. The van der Waals surface area contributed by atoms with E-state index in [1.165, 1.54) is 32.1 Å². The van der Waals surface area contributed by atoms with Crippen molar-refractivity contribution < 1.29 is 9.53 Å². The van der Waals surface area contributed by atoms with Crippen molar-refractivity contribution in [3.63, 3.8) is 0 Å². The molecule has 2 rings (SSSR count). The van der Waals surface area contributed by atoms with Crippen molar-refractivity contribution in [1.82, 2.24) is 5.32 Å². The van der Waals surface area contributed by atoms with Gasteiger partial charge in [0.1, 0.15) is 5.75 Å². The molecule has 1 aromatic rings. The molecule has 1 fully saturated rings. The Bertz CT molecular complexity index is 428. The SMILES string of the molecule is NCc1ccccc1OCC(=O)NCC1CCCCC1. The Kier molecular flexibility index (Phi) is 5.87. The molecule has 20 heavy (non-hydrogen) atoms. The molecule has 0 aromatic heterocycles. The Morgan fingerprint density at radius 2 is 2.00 bits per heavy atom. The predicted molar refractivity (Wildman–Crippen MR) is 79.4 cm³/mol. The van der Waals surface area contributed by atoms with Crippen molar-refractivity contribution in [2.24, 2.45) is 11.7 Å². The highest BCUT2D eigenvalue weighted by Gasteiger charge is 2.14. The quantitative estimate of drug-likeness (QED) is 0.837. The summed E-state index contributed by atoms with van der Waals surface area (Å²) < 4.78 is 5.54. The van der Waals surface area contributed by atoms with E-state index >= 15 is 0 Å².